The Kier molecular flexibility index (Phi) is 37.0. The number of aldehydes is 1. The number of aromatic hydroxyl groups is 2. The van der Waals surface area contributed by atoms with Crippen molar-refractivity contribution >= 4 is 43.1 Å². The Hall–Kier alpha value is -5.30. The summed E-state index contributed by atoms with van der Waals surface area (Å²) in [7, 11) is -3.00. The molecule has 0 saturated carbocycles. The molecule has 0 atom stereocenters. The van der Waals surface area contributed by atoms with Gasteiger partial charge in [-0.05, 0) is 124 Å². The van der Waals surface area contributed by atoms with Gasteiger partial charge >= 0.3 is 7.32 Å². The second-order valence-electron chi connectivity index (χ2n) is 14.4. The smallest absolute Gasteiger partial charge is 0.508 e. The number of aliphatic hydroxyl groups excluding tert-OH is 1. The predicted molar refractivity (Wildman–Crippen MR) is 264 cm³/mol. The molecule has 12 heteroatoms. The number of phenolic OH excluding ortho intramolecular Hbond substituents is 2. The van der Waals surface area contributed by atoms with Crippen LogP contribution in [0.5, 0.6) is 17.2 Å². The summed E-state index contributed by atoms with van der Waals surface area (Å²) in [4.78, 5) is 42.2. The third kappa shape index (κ3) is 36.2. The molecule has 0 aromatic heterocycles. The number of allylic oxidation sites excluding steroid dienone is 3. The molecule has 0 saturated heterocycles. The lowest BCUT2D eigenvalue weighted by Crippen LogP contribution is -2.28. The fourth-order valence-electron chi connectivity index (χ4n) is 4.64. The maximum absolute atomic E-state index is 11.9. The Morgan fingerprint density at radius 3 is 1.52 bits per heavy atom. The number of methoxy groups -OCH3 is 1. The number of carbonyl (C=O) groups is 4. The lowest BCUT2D eigenvalue weighted by molar-refractivity contribution is -0.124. The summed E-state index contributed by atoms with van der Waals surface area (Å²) in [6.07, 6.45) is 18.3. The van der Waals surface area contributed by atoms with Crippen LogP contribution in [0.15, 0.2) is 84.7 Å². The molecular formula is C52H79BO11. The van der Waals surface area contributed by atoms with Gasteiger partial charge in [0.2, 0.25) is 0 Å². The number of benzene rings is 3. The summed E-state index contributed by atoms with van der Waals surface area (Å²) < 4.78 is 42.7. The normalized spacial score (nSPS) is 11.3. The van der Waals surface area contributed by atoms with E-state index in [1.54, 1.807) is 62.4 Å². The second-order valence-corrected chi connectivity index (χ2v) is 14.4. The first-order valence-corrected chi connectivity index (χ1v) is 21.7. The van der Waals surface area contributed by atoms with Crippen molar-refractivity contribution in [1.82, 2.24) is 0 Å². The Labute approximate surface area is 390 Å². The summed E-state index contributed by atoms with van der Waals surface area (Å²) in [6.45, 7) is 19.3. The SMILES string of the molecule is C.CC(=O)CC(C)=O.CCCCC.CCCCOB(OCCCC)OCCCC.Cc1cc(C=O)ccc1O.[2H]C([2H])([2H])Oc1cccc(/C=C/C(O)=CC(=O)/C=C/c2ccc(O)c(C)c2)c1. The molecular weight excluding hydrogens is 811 g/mol. The summed E-state index contributed by atoms with van der Waals surface area (Å²) in [5.41, 5.74) is 3.36. The fraction of sp³-hybridized carbons (Fsp3) is 0.462. The van der Waals surface area contributed by atoms with Gasteiger partial charge in [0.1, 0.15) is 40.9 Å². The molecule has 3 aromatic rings. The van der Waals surface area contributed by atoms with Gasteiger partial charge in [0.25, 0.3) is 0 Å². The minimum absolute atomic E-state index is 0. The topological polar surface area (TPSA) is 166 Å². The lowest BCUT2D eigenvalue weighted by atomic mass is 10.1. The molecule has 0 aliphatic carbocycles. The number of aliphatic hydroxyl groups is 1. The van der Waals surface area contributed by atoms with Crippen LogP contribution in [0, 0.1) is 13.8 Å². The molecule has 0 aliphatic rings. The highest BCUT2D eigenvalue weighted by molar-refractivity contribution is 6.36. The third-order valence-corrected chi connectivity index (χ3v) is 8.19. The Morgan fingerprint density at radius 2 is 1.11 bits per heavy atom. The Bertz CT molecular complexity index is 1870. The molecule has 3 aromatic carbocycles. The third-order valence-electron chi connectivity index (χ3n) is 8.19. The van der Waals surface area contributed by atoms with Gasteiger partial charge in [-0.3, -0.25) is 19.2 Å². The minimum Gasteiger partial charge on any atom is -0.508 e. The van der Waals surface area contributed by atoms with E-state index in [4.69, 9.17) is 27.9 Å². The van der Waals surface area contributed by atoms with Gasteiger partial charge in [0.15, 0.2) is 5.78 Å². The van der Waals surface area contributed by atoms with E-state index in [-0.39, 0.29) is 48.4 Å². The molecule has 0 spiro atoms. The van der Waals surface area contributed by atoms with E-state index < -0.39 is 20.1 Å². The number of hydrogen-bond acceptors (Lipinski definition) is 11. The van der Waals surface area contributed by atoms with E-state index in [0.717, 1.165) is 81.8 Å². The quantitative estimate of drug-likeness (QED) is 0.0158. The molecule has 0 fully saturated rings. The van der Waals surface area contributed by atoms with E-state index in [2.05, 4.69) is 34.6 Å². The summed E-state index contributed by atoms with van der Waals surface area (Å²) in [5, 5.41) is 28.4. The standard InChI is InChI=1S/C21H20O4.C12H27BO3.C8H8O2.C5H8O2.C5H12.CH4/c1-15-12-17(8-11-21(15)24)7-10-19(23)14-18(22)9-6-16-4-3-5-20(13-16)25-2;1-4-7-10-14-13(15-11-8-5-2)16-12-9-6-3;1-6-4-7(5-9)2-3-8(6)10;1-4(6)3-5(2)7;1-3-5-4-2;/h3-14,22,24H,1-2H3;4-12H2,1-3H3;2-5,10H,1H3;3H2,1-2H3;3-5H2,1-2H3;1H4/b9-6+,10-7+,18-14?;;;;;/i2D3;;;;;. The maximum atomic E-state index is 11.9. The number of unbranched alkanes of at least 4 members (excludes halogenated alkanes) is 5. The number of hydrogen-bond donors (Lipinski definition) is 3. The number of carbonyl (C=O) groups excluding carboxylic acids is 4. The molecule has 0 aliphatic heterocycles. The van der Waals surface area contributed by atoms with Crippen molar-refractivity contribution in [1.29, 1.82) is 0 Å². The molecule has 356 valence electrons. The van der Waals surface area contributed by atoms with E-state index >= 15 is 0 Å². The van der Waals surface area contributed by atoms with Gasteiger partial charge in [-0.2, -0.15) is 0 Å². The first-order chi connectivity index (χ1) is 31.2. The van der Waals surface area contributed by atoms with E-state index in [0.29, 0.717) is 16.7 Å². The van der Waals surface area contributed by atoms with Crippen LogP contribution in [0.2, 0.25) is 0 Å². The van der Waals surface area contributed by atoms with E-state index in [1.165, 1.54) is 69.5 Å². The predicted octanol–water partition coefficient (Wildman–Crippen LogP) is 12.8. The lowest BCUT2D eigenvalue weighted by Gasteiger charge is -2.14. The van der Waals surface area contributed by atoms with Gasteiger partial charge in [0, 0.05) is 31.5 Å². The fourth-order valence-corrected chi connectivity index (χ4v) is 4.64. The summed E-state index contributed by atoms with van der Waals surface area (Å²) in [6, 6.07) is 16.0. The number of rotatable bonds is 23. The maximum Gasteiger partial charge on any atom is 0.639 e. The van der Waals surface area contributed by atoms with Gasteiger partial charge in [-0.25, -0.2) is 0 Å². The highest BCUT2D eigenvalue weighted by Gasteiger charge is 2.20. The van der Waals surface area contributed by atoms with Crippen LogP contribution in [-0.4, -0.2) is 73.1 Å². The molecule has 3 N–H and O–H groups in total. The van der Waals surface area contributed by atoms with Gasteiger partial charge in [-0.1, -0.05) is 111 Å². The van der Waals surface area contributed by atoms with Crippen molar-refractivity contribution in [3.8, 4) is 17.2 Å². The van der Waals surface area contributed by atoms with Crippen molar-refractivity contribution in [2.24, 2.45) is 0 Å². The summed E-state index contributed by atoms with van der Waals surface area (Å²) >= 11 is 0. The highest BCUT2D eigenvalue weighted by atomic mass is 16.7. The van der Waals surface area contributed by atoms with E-state index in [9.17, 15) is 29.4 Å². The van der Waals surface area contributed by atoms with Crippen LogP contribution < -0.4 is 4.74 Å². The highest BCUT2D eigenvalue weighted by Crippen LogP contribution is 2.18. The van der Waals surface area contributed by atoms with Crippen molar-refractivity contribution in [3.05, 3.63) is 112 Å². The molecule has 3 rings (SSSR count). The van der Waals surface area contributed by atoms with Crippen molar-refractivity contribution in [3.63, 3.8) is 0 Å². The zero-order valence-corrected chi connectivity index (χ0v) is 39.1. The molecule has 0 radical (unpaired) electrons. The van der Waals surface area contributed by atoms with Gasteiger partial charge in [0.05, 0.1) is 17.6 Å². The molecule has 64 heavy (non-hydrogen) atoms. The van der Waals surface area contributed by atoms with E-state index in [1.807, 2.05) is 0 Å². The number of ether oxygens (including phenoxy) is 1. The Morgan fingerprint density at radius 1 is 0.656 bits per heavy atom. The number of ketones is 3. The van der Waals surface area contributed by atoms with Gasteiger partial charge < -0.3 is 34.0 Å². The summed E-state index contributed by atoms with van der Waals surface area (Å²) in [5.74, 6) is -0.204. The van der Waals surface area contributed by atoms with Crippen LogP contribution in [0.3, 0.4) is 0 Å². The number of aryl methyl sites for hydroxylation is 2. The van der Waals surface area contributed by atoms with Crippen LogP contribution >= 0.6 is 0 Å². The van der Waals surface area contributed by atoms with Crippen LogP contribution in [-0.2, 0) is 28.3 Å². The zero-order chi connectivity index (χ0) is 50.3. The first-order valence-electron chi connectivity index (χ1n) is 23.2. The molecule has 11 nitrogen and oxygen atoms in total. The van der Waals surface area contributed by atoms with Crippen LogP contribution in [0.1, 0.15) is 157 Å². The largest absolute Gasteiger partial charge is 0.639 e. The van der Waals surface area contributed by atoms with Crippen molar-refractivity contribution < 1.29 is 57.3 Å². The van der Waals surface area contributed by atoms with Crippen molar-refractivity contribution in [2.45, 2.75) is 134 Å². The van der Waals surface area contributed by atoms with Gasteiger partial charge in [-0.15, -0.1) is 0 Å². The number of phenols is 2. The monoisotopic (exact) mass is 894 g/mol. The average Bonchev–Trinajstić information content (AvgIpc) is 3.24. The first kappa shape index (κ1) is 56.7. The van der Waals surface area contributed by atoms with Crippen molar-refractivity contribution in [2.75, 3.05) is 26.9 Å². The van der Waals surface area contributed by atoms with Crippen LogP contribution in [0.25, 0.3) is 12.2 Å². The molecule has 0 heterocycles. The Balaban J connectivity index is -0.000000882. The molecule has 0 bridgehead atoms. The molecule has 0 unspecified atom stereocenters. The number of Topliss-reactive ketones (excluding diaryl/α,β-unsaturated/α-hetero) is 2. The van der Waals surface area contributed by atoms with Crippen LogP contribution in [0.4, 0.5) is 0 Å². The average molecular weight is 894 g/mol. The zero-order valence-electron chi connectivity index (χ0n) is 42.1. The minimum atomic E-state index is -2.54. The molecule has 0 amide bonds. The second kappa shape index (κ2) is 41.7.